The van der Waals surface area contributed by atoms with E-state index >= 15 is 0 Å². The maximum Gasteiger partial charge on any atom is 0.128 e. The van der Waals surface area contributed by atoms with Crippen LogP contribution in [-0.4, -0.2) is 53.6 Å². The van der Waals surface area contributed by atoms with E-state index in [2.05, 4.69) is 11.8 Å². The van der Waals surface area contributed by atoms with Crippen molar-refractivity contribution in [3.05, 3.63) is 35.6 Å². The van der Waals surface area contributed by atoms with Crippen LogP contribution in [0.4, 0.5) is 4.39 Å². The van der Waals surface area contributed by atoms with Crippen LogP contribution >= 0.6 is 0 Å². The zero-order chi connectivity index (χ0) is 15.9. The van der Waals surface area contributed by atoms with E-state index in [4.69, 9.17) is 4.74 Å². The van der Waals surface area contributed by atoms with Gasteiger partial charge < -0.3 is 14.9 Å². The molecule has 1 saturated heterocycles. The Morgan fingerprint density at radius 3 is 2.91 bits per heavy atom. The second-order valence-electron chi connectivity index (χ2n) is 6.12. The average molecular weight is 311 g/mol. The summed E-state index contributed by atoms with van der Waals surface area (Å²) in [7, 11) is 0. The average Bonchev–Trinajstić information content (AvgIpc) is 2.49. The number of aliphatic hydroxyl groups excluding tert-OH is 2. The molecule has 0 saturated carbocycles. The molecule has 0 spiro atoms. The molecule has 0 bridgehead atoms. The van der Waals surface area contributed by atoms with Crippen LogP contribution in [0, 0.1) is 11.7 Å². The summed E-state index contributed by atoms with van der Waals surface area (Å²) in [6.07, 6.45) is 1.56. The lowest BCUT2D eigenvalue weighted by molar-refractivity contribution is -0.0217. The summed E-state index contributed by atoms with van der Waals surface area (Å²) in [5.41, 5.74) is 0.495. The molecule has 3 unspecified atom stereocenters. The highest BCUT2D eigenvalue weighted by Crippen LogP contribution is 2.23. The van der Waals surface area contributed by atoms with Crippen molar-refractivity contribution in [3.63, 3.8) is 0 Å². The Balaban J connectivity index is 1.75. The first-order valence-corrected chi connectivity index (χ1v) is 7.96. The van der Waals surface area contributed by atoms with E-state index in [1.807, 2.05) is 0 Å². The number of aliphatic hydroxyl groups is 2. The molecule has 3 atom stereocenters. The monoisotopic (exact) mass is 311 g/mol. The molecule has 1 fully saturated rings. The van der Waals surface area contributed by atoms with Gasteiger partial charge in [0.1, 0.15) is 5.82 Å². The summed E-state index contributed by atoms with van der Waals surface area (Å²) in [5, 5.41) is 19.6. The van der Waals surface area contributed by atoms with E-state index < -0.39 is 6.10 Å². The minimum absolute atomic E-state index is 0.106. The summed E-state index contributed by atoms with van der Waals surface area (Å²) in [4.78, 5) is 2.13. The molecule has 1 aromatic rings. The second-order valence-corrected chi connectivity index (χ2v) is 6.12. The summed E-state index contributed by atoms with van der Waals surface area (Å²) >= 11 is 0. The van der Waals surface area contributed by atoms with Gasteiger partial charge in [0.2, 0.25) is 0 Å². The third kappa shape index (κ3) is 4.74. The third-order valence-electron chi connectivity index (χ3n) is 4.39. The Kier molecular flexibility index (Phi) is 6.76. The third-order valence-corrected chi connectivity index (χ3v) is 4.39. The molecule has 0 amide bonds. The van der Waals surface area contributed by atoms with Crippen molar-refractivity contribution in [1.82, 2.24) is 4.90 Å². The summed E-state index contributed by atoms with van der Waals surface area (Å²) in [6, 6.07) is 6.58. The molecule has 124 valence electrons. The fraction of sp³-hybridized carbons (Fsp3) is 0.647. The van der Waals surface area contributed by atoms with Crippen LogP contribution in [0.25, 0.3) is 0 Å². The first-order chi connectivity index (χ1) is 10.6. The predicted octanol–water partition coefficient (Wildman–Crippen LogP) is 1.80. The number of piperidine rings is 1. The minimum atomic E-state index is -0.633. The summed E-state index contributed by atoms with van der Waals surface area (Å²) < 4.78 is 18.9. The predicted molar refractivity (Wildman–Crippen MR) is 82.9 cm³/mol. The van der Waals surface area contributed by atoms with Gasteiger partial charge in [-0.3, -0.25) is 4.90 Å². The lowest BCUT2D eigenvalue weighted by atomic mass is 9.91. The molecule has 1 aromatic carbocycles. The molecular formula is C17H26FNO3. The number of ether oxygens (including phenoxy) is 1. The van der Waals surface area contributed by atoms with E-state index in [0.717, 1.165) is 19.4 Å². The smallest absolute Gasteiger partial charge is 0.128 e. The highest BCUT2D eigenvalue weighted by atomic mass is 19.1. The SMILES string of the molecule is CC1CCCN(CC(O)COCc2ccccc2F)C1CO. The van der Waals surface area contributed by atoms with Gasteiger partial charge in [0.15, 0.2) is 0 Å². The van der Waals surface area contributed by atoms with Crippen LogP contribution in [0.2, 0.25) is 0 Å². The molecule has 0 radical (unpaired) electrons. The van der Waals surface area contributed by atoms with Crippen molar-refractivity contribution >= 4 is 0 Å². The Bertz CT molecular complexity index is 457. The standard InChI is InChI=1S/C17H26FNO3/c1-13-5-4-8-19(17(13)10-20)9-15(21)12-22-11-14-6-2-3-7-16(14)18/h2-3,6-7,13,15,17,20-21H,4-5,8-12H2,1H3. The number of nitrogens with zero attached hydrogens (tertiary/aromatic N) is 1. The van der Waals surface area contributed by atoms with Gasteiger partial charge in [0.05, 0.1) is 25.9 Å². The number of β-amino-alcohol motifs (C(OH)–C–C–N with tert-alkyl or cyclic N) is 1. The fourth-order valence-corrected chi connectivity index (χ4v) is 3.10. The van der Waals surface area contributed by atoms with E-state index in [1.165, 1.54) is 6.07 Å². The van der Waals surface area contributed by atoms with Crippen LogP contribution in [0.5, 0.6) is 0 Å². The van der Waals surface area contributed by atoms with Gasteiger partial charge in [-0.1, -0.05) is 25.1 Å². The van der Waals surface area contributed by atoms with Gasteiger partial charge in [-0.05, 0) is 31.4 Å². The zero-order valence-electron chi connectivity index (χ0n) is 13.1. The Morgan fingerprint density at radius 2 is 2.18 bits per heavy atom. The molecule has 0 aromatic heterocycles. The van der Waals surface area contributed by atoms with E-state index in [9.17, 15) is 14.6 Å². The molecule has 1 heterocycles. The largest absolute Gasteiger partial charge is 0.395 e. The highest BCUT2D eigenvalue weighted by Gasteiger charge is 2.29. The van der Waals surface area contributed by atoms with Gasteiger partial charge in [0, 0.05) is 18.2 Å². The van der Waals surface area contributed by atoms with Crippen LogP contribution in [-0.2, 0) is 11.3 Å². The maximum atomic E-state index is 13.4. The molecule has 22 heavy (non-hydrogen) atoms. The molecule has 1 aliphatic rings. The molecule has 5 heteroatoms. The van der Waals surface area contributed by atoms with Crippen LogP contribution < -0.4 is 0 Å². The summed E-state index contributed by atoms with van der Waals surface area (Å²) in [5.74, 6) is 0.146. The van der Waals surface area contributed by atoms with E-state index in [-0.39, 0.29) is 31.7 Å². The van der Waals surface area contributed by atoms with Gasteiger partial charge in [0.25, 0.3) is 0 Å². The topological polar surface area (TPSA) is 52.9 Å². The zero-order valence-corrected chi connectivity index (χ0v) is 13.1. The van der Waals surface area contributed by atoms with Crippen LogP contribution in [0.1, 0.15) is 25.3 Å². The van der Waals surface area contributed by atoms with Crippen molar-refractivity contribution in [2.75, 3.05) is 26.3 Å². The van der Waals surface area contributed by atoms with Crippen molar-refractivity contribution in [2.45, 2.75) is 38.5 Å². The van der Waals surface area contributed by atoms with Gasteiger partial charge >= 0.3 is 0 Å². The number of benzene rings is 1. The molecular weight excluding hydrogens is 285 g/mol. The minimum Gasteiger partial charge on any atom is -0.395 e. The van der Waals surface area contributed by atoms with Gasteiger partial charge in [-0.2, -0.15) is 0 Å². The first kappa shape index (κ1) is 17.3. The van der Waals surface area contributed by atoms with Crippen molar-refractivity contribution in [3.8, 4) is 0 Å². The molecule has 2 N–H and O–H groups in total. The maximum absolute atomic E-state index is 13.4. The van der Waals surface area contributed by atoms with Crippen molar-refractivity contribution in [2.24, 2.45) is 5.92 Å². The number of halogens is 1. The highest BCUT2D eigenvalue weighted by molar-refractivity contribution is 5.16. The van der Waals surface area contributed by atoms with Gasteiger partial charge in [-0.15, -0.1) is 0 Å². The van der Waals surface area contributed by atoms with Crippen LogP contribution in [0.3, 0.4) is 0 Å². The molecule has 4 nitrogen and oxygen atoms in total. The Labute approximate surface area is 131 Å². The Hall–Kier alpha value is -1.01. The lowest BCUT2D eigenvalue weighted by Gasteiger charge is -2.39. The fourth-order valence-electron chi connectivity index (χ4n) is 3.10. The summed E-state index contributed by atoms with van der Waals surface area (Å²) in [6.45, 7) is 3.94. The van der Waals surface area contributed by atoms with Crippen LogP contribution in [0.15, 0.2) is 24.3 Å². The van der Waals surface area contributed by atoms with Gasteiger partial charge in [-0.25, -0.2) is 4.39 Å². The van der Waals surface area contributed by atoms with Crippen molar-refractivity contribution < 1.29 is 19.3 Å². The number of hydrogen-bond acceptors (Lipinski definition) is 4. The lowest BCUT2D eigenvalue weighted by Crippen LogP contribution is -2.50. The molecule has 2 rings (SSSR count). The number of likely N-dealkylation sites (tertiary alicyclic amines) is 1. The van der Waals surface area contributed by atoms with Crippen molar-refractivity contribution in [1.29, 1.82) is 0 Å². The first-order valence-electron chi connectivity index (χ1n) is 7.96. The normalized spacial score (nSPS) is 24.4. The Morgan fingerprint density at radius 1 is 1.41 bits per heavy atom. The van der Waals surface area contributed by atoms with E-state index in [0.29, 0.717) is 18.0 Å². The molecule has 1 aliphatic heterocycles. The number of rotatable bonds is 7. The quantitative estimate of drug-likeness (QED) is 0.806. The second kappa shape index (κ2) is 8.58. The van der Waals surface area contributed by atoms with E-state index in [1.54, 1.807) is 18.2 Å². The molecule has 0 aliphatic carbocycles. The number of hydrogen-bond donors (Lipinski definition) is 2.